The predicted molar refractivity (Wildman–Crippen MR) is 109 cm³/mol. The van der Waals surface area contributed by atoms with Crippen LogP contribution in [0.5, 0.6) is 0 Å². The van der Waals surface area contributed by atoms with Gasteiger partial charge in [0.15, 0.2) is 6.10 Å². The van der Waals surface area contributed by atoms with E-state index >= 15 is 0 Å². The Hall–Kier alpha value is -2.38. The zero-order valence-corrected chi connectivity index (χ0v) is 17.5. The molecule has 1 aromatic carbocycles. The molecule has 0 fully saturated rings. The van der Waals surface area contributed by atoms with Crippen molar-refractivity contribution < 1.29 is 19.1 Å². The zero-order valence-electron chi connectivity index (χ0n) is 15.9. The molecule has 0 saturated carbocycles. The monoisotopic (exact) mass is 422 g/mol. The van der Waals surface area contributed by atoms with Crippen molar-refractivity contribution in [1.29, 1.82) is 0 Å². The van der Waals surface area contributed by atoms with E-state index in [0.717, 1.165) is 5.56 Å². The first-order valence-electron chi connectivity index (χ1n) is 8.85. The largest absolute Gasteiger partial charge is 0.451 e. The van der Waals surface area contributed by atoms with Crippen LogP contribution in [0.4, 0.5) is 0 Å². The van der Waals surface area contributed by atoms with Crippen LogP contribution in [-0.4, -0.2) is 29.9 Å². The van der Waals surface area contributed by atoms with Crippen molar-refractivity contribution in [1.82, 2.24) is 10.6 Å². The molecule has 150 valence electrons. The fourth-order valence-corrected chi connectivity index (χ4v) is 3.22. The molecular weight excluding hydrogens is 400 g/mol. The second-order valence-electron chi connectivity index (χ2n) is 6.56. The van der Waals surface area contributed by atoms with Crippen LogP contribution in [-0.2, 0) is 20.9 Å². The number of nitrogens with one attached hydrogen (secondary N) is 2. The van der Waals surface area contributed by atoms with E-state index in [2.05, 4.69) is 10.6 Å². The molecule has 6 nitrogen and oxygen atoms in total. The van der Waals surface area contributed by atoms with Crippen LogP contribution >= 0.6 is 22.9 Å². The maximum absolute atomic E-state index is 12.5. The second-order valence-corrected chi connectivity index (χ2v) is 7.92. The van der Waals surface area contributed by atoms with Gasteiger partial charge in [0.1, 0.15) is 6.04 Å². The van der Waals surface area contributed by atoms with E-state index < -0.39 is 24.0 Å². The van der Waals surface area contributed by atoms with Crippen LogP contribution < -0.4 is 10.6 Å². The number of carbonyl (C=O) groups is 3. The Bertz CT molecular complexity index is 823. The van der Waals surface area contributed by atoms with Gasteiger partial charge < -0.3 is 15.4 Å². The minimum Gasteiger partial charge on any atom is -0.451 e. The summed E-state index contributed by atoms with van der Waals surface area (Å²) < 4.78 is 5.28. The Morgan fingerprint density at radius 1 is 1.11 bits per heavy atom. The third kappa shape index (κ3) is 6.07. The minimum atomic E-state index is -1.00. The molecule has 1 heterocycles. The maximum atomic E-state index is 12.5. The van der Waals surface area contributed by atoms with E-state index in [-0.39, 0.29) is 18.4 Å². The first kappa shape index (κ1) is 21.9. The molecule has 2 atom stereocenters. The molecule has 0 saturated heterocycles. The standard InChI is InChI=1S/C20H23ClN2O4S/c1-12(2)17(23-19(25)16-9-6-10-28-16)20(26)27-13(3)18(24)22-11-14-7-4-5-8-15(14)21/h4-10,12-13,17H,11H2,1-3H3,(H,22,24)(H,23,25)/t13-,17-/m1/s1. The fourth-order valence-electron chi connectivity index (χ4n) is 2.39. The number of esters is 1. The third-order valence-corrected chi connectivity index (χ3v) is 5.26. The Morgan fingerprint density at radius 2 is 1.82 bits per heavy atom. The van der Waals surface area contributed by atoms with Gasteiger partial charge in [-0.1, -0.05) is 49.7 Å². The van der Waals surface area contributed by atoms with Crippen LogP contribution in [0.25, 0.3) is 0 Å². The van der Waals surface area contributed by atoms with Crippen molar-refractivity contribution in [2.75, 3.05) is 0 Å². The van der Waals surface area contributed by atoms with Crippen LogP contribution in [0.15, 0.2) is 41.8 Å². The summed E-state index contributed by atoms with van der Waals surface area (Å²) in [7, 11) is 0. The molecule has 8 heteroatoms. The maximum Gasteiger partial charge on any atom is 0.329 e. The average molecular weight is 423 g/mol. The number of benzene rings is 1. The molecule has 0 radical (unpaired) electrons. The fraction of sp³-hybridized carbons (Fsp3) is 0.350. The predicted octanol–water partition coefficient (Wildman–Crippen LogP) is 3.40. The highest BCUT2D eigenvalue weighted by molar-refractivity contribution is 7.12. The van der Waals surface area contributed by atoms with Gasteiger partial charge in [-0.25, -0.2) is 4.79 Å². The van der Waals surface area contributed by atoms with E-state index in [4.69, 9.17) is 16.3 Å². The van der Waals surface area contributed by atoms with Gasteiger partial charge in [-0.05, 0) is 35.9 Å². The minimum absolute atomic E-state index is 0.199. The highest BCUT2D eigenvalue weighted by Gasteiger charge is 2.29. The van der Waals surface area contributed by atoms with Gasteiger partial charge in [0.05, 0.1) is 4.88 Å². The van der Waals surface area contributed by atoms with Crippen molar-refractivity contribution in [2.45, 2.75) is 39.5 Å². The van der Waals surface area contributed by atoms with Crippen LogP contribution in [0, 0.1) is 5.92 Å². The van der Waals surface area contributed by atoms with Crippen molar-refractivity contribution in [2.24, 2.45) is 5.92 Å². The molecule has 2 N–H and O–H groups in total. The van der Waals surface area contributed by atoms with Gasteiger partial charge in [0, 0.05) is 11.6 Å². The highest BCUT2D eigenvalue weighted by Crippen LogP contribution is 2.15. The summed E-state index contributed by atoms with van der Waals surface area (Å²) in [5.41, 5.74) is 0.763. The lowest BCUT2D eigenvalue weighted by atomic mass is 10.0. The number of carbonyl (C=O) groups excluding carboxylic acids is 3. The quantitative estimate of drug-likeness (QED) is 0.638. The van der Waals surface area contributed by atoms with Crippen LogP contribution in [0.2, 0.25) is 5.02 Å². The van der Waals surface area contributed by atoms with Gasteiger partial charge in [0.2, 0.25) is 0 Å². The van der Waals surface area contributed by atoms with E-state index in [0.29, 0.717) is 9.90 Å². The lowest BCUT2D eigenvalue weighted by molar-refractivity contribution is -0.157. The van der Waals surface area contributed by atoms with Crippen molar-refractivity contribution in [3.63, 3.8) is 0 Å². The van der Waals surface area contributed by atoms with E-state index in [9.17, 15) is 14.4 Å². The first-order valence-corrected chi connectivity index (χ1v) is 10.1. The normalized spacial score (nSPS) is 12.9. The summed E-state index contributed by atoms with van der Waals surface area (Å²) in [6, 6.07) is 9.73. The summed E-state index contributed by atoms with van der Waals surface area (Å²) in [4.78, 5) is 37.5. The molecule has 1 aromatic heterocycles. The van der Waals surface area contributed by atoms with E-state index in [1.807, 2.05) is 6.07 Å². The lowest BCUT2D eigenvalue weighted by Crippen LogP contribution is -2.47. The lowest BCUT2D eigenvalue weighted by Gasteiger charge is -2.22. The molecule has 2 rings (SSSR count). The summed E-state index contributed by atoms with van der Waals surface area (Å²) in [5.74, 6) is -1.64. The van der Waals surface area contributed by atoms with Gasteiger partial charge in [-0.3, -0.25) is 9.59 Å². The first-order chi connectivity index (χ1) is 13.3. The summed E-state index contributed by atoms with van der Waals surface area (Å²) >= 11 is 7.34. The number of amides is 2. The summed E-state index contributed by atoms with van der Waals surface area (Å²) in [6.07, 6.45) is -1.00. The molecule has 0 aliphatic carbocycles. The van der Waals surface area contributed by atoms with Gasteiger partial charge >= 0.3 is 5.97 Å². The summed E-state index contributed by atoms with van der Waals surface area (Å²) in [5, 5.41) is 7.69. The number of halogens is 1. The van der Waals surface area contributed by atoms with Crippen molar-refractivity contribution >= 4 is 40.7 Å². The topological polar surface area (TPSA) is 84.5 Å². The molecule has 2 amide bonds. The van der Waals surface area contributed by atoms with Crippen LogP contribution in [0.3, 0.4) is 0 Å². The van der Waals surface area contributed by atoms with Gasteiger partial charge in [0.25, 0.3) is 11.8 Å². The van der Waals surface area contributed by atoms with Crippen LogP contribution in [0.1, 0.15) is 36.0 Å². The van der Waals surface area contributed by atoms with Gasteiger partial charge in [-0.2, -0.15) is 0 Å². The van der Waals surface area contributed by atoms with E-state index in [1.165, 1.54) is 18.3 Å². The molecule has 0 aliphatic rings. The van der Waals surface area contributed by atoms with Crippen molar-refractivity contribution in [3.8, 4) is 0 Å². The number of hydrogen-bond donors (Lipinski definition) is 2. The highest BCUT2D eigenvalue weighted by atomic mass is 35.5. The summed E-state index contributed by atoms with van der Waals surface area (Å²) in [6.45, 7) is 5.30. The third-order valence-electron chi connectivity index (χ3n) is 4.03. The molecule has 2 aromatic rings. The zero-order chi connectivity index (χ0) is 20.7. The Morgan fingerprint density at radius 3 is 2.43 bits per heavy atom. The van der Waals surface area contributed by atoms with Gasteiger partial charge in [-0.15, -0.1) is 11.3 Å². The Labute approximate surface area is 173 Å². The number of thiophene rings is 1. The molecular formula is C20H23ClN2O4S. The number of rotatable bonds is 8. The van der Waals surface area contributed by atoms with E-state index in [1.54, 1.807) is 49.6 Å². The number of ether oxygens (including phenoxy) is 1. The Kier molecular flexibility index (Phi) is 8.02. The molecule has 0 bridgehead atoms. The molecule has 28 heavy (non-hydrogen) atoms. The smallest absolute Gasteiger partial charge is 0.329 e. The molecule has 0 aliphatic heterocycles. The second kappa shape index (κ2) is 10.2. The average Bonchev–Trinajstić information content (AvgIpc) is 3.19. The molecule has 0 spiro atoms. The number of hydrogen-bond acceptors (Lipinski definition) is 5. The Balaban J connectivity index is 1.91. The SMILES string of the molecule is CC(C)[C@@H](NC(=O)c1cccs1)C(=O)O[C@H](C)C(=O)NCc1ccccc1Cl. The van der Waals surface area contributed by atoms with Crippen molar-refractivity contribution in [3.05, 3.63) is 57.2 Å². The molecule has 0 unspecified atom stereocenters.